The summed E-state index contributed by atoms with van der Waals surface area (Å²) in [6.45, 7) is 0. The average Bonchev–Trinajstić information content (AvgIpc) is 3.16. The number of methoxy groups -OCH3 is 1. The second-order valence-corrected chi connectivity index (χ2v) is 6.65. The zero-order valence-electron chi connectivity index (χ0n) is 15.5. The van der Waals surface area contributed by atoms with Gasteiger partial charge in [-0.05, 0) is 48.0 Å². The van der Waals surface area contributed by atoms with Crippen molar-refractivity contribution < 1.29 is 9.53 Å². The summed E-state index contributed by atoms with van der Waals surface area (Å²) in [5.74, 6) is 0.466. The van der Waals surface area contributed by atoms with Gasteiger partial charge in [0.15, 0.2) is 0 Å². The Hall–Kier alpha value is -3.64. The Morgan fingerprint density at radius 3 is 2.41 bits per heavy atom. The van der Waals surface area contributed by atoms with Crippen molar-refractivity contribution in [3.8, 4) is 11.4 Å². The zero-order chi connectivity index (χ0) is 20.2. The number of aromatic nitrogens is 3. The van der Waals surface area contributed by atoms with Gasteiger partial charge in [0.05, 0.1) is 23.5 Å². The van der Waals surface area contributed by atoms with E-state index < -0.39 is 0 Å². The van der Waals surface area contributed by atoms with Crippen molar-refractivity contribution in [3.63, 3.8) is 0 Å². The summed E-state index contributed by atoms with van der Waals surface area (Å²) in [7, 11) is 1.61. The van der Waals surface area contributed by atoms with Gasteiger partial charge in [-0.25, -0.2) is 0 Å². The molecule has 0 aliphatic rings. The van der Waals surface area contributed by atoms with Crippen LogP contribution in [0.25, 0.3) is 22.8 Å². The maximum atomic E-state index is 12.3. The minimum absolute atomic E-state index is 0.294. The quantitative estimate of drug-likeness (QED) is 0.488. The summed E-state index contributed by atoms with van der Waals surface area (Å²) in [5.41, 5.74) is 3.48. The largest absolute Gasteiger partial charge is 0.497 e. The van der Waals surface area contributed by atoms with Gasteiger partial charge >= 0.3 is 0 Å². The number of benzene rings is 3. The van der Waals surface area contributed by atoms with Crippen LogP contribution in [-0.2, 0) is 4.79 Å². The van der Waals surface area contributed by atoms with Crippen molar-refractivity contribution in [2.24, 2.45) is 0 Å². The fraction of sp³-hybridized carbons (Fsp3) is 0.0455. The van der Waals surface area contributed by atoms with Crippen LogP contribution in [-0.4, -0.2) is 28.0 Å². The number of carbonyl (C=O) groups excluding carboxylic acids is 1. The molecule has 0 saturated heterocycles. The topological polar surface area (TPSA) is 69.0 Å². The number of carbonyl (C=O) groups is 1. The summed E-state index contributed by atoms with van der Waals surface area (Å²) >= 11 is 6.32. The second-order valence-electron chi connectivity index (χ2n) is 6.24. The number of fused-ring (bicyclic) bond motifs is 1. The molecule has 1 heterocycles. The maximum Gasteiger partial charge on any atom is 0.248 e. The van der Waals surface area contributed by atoms with Crippen LogP contribution in [0.1, 0.15) is 5.56 Å². The van der Waals surface area contributed by atoms with E-state index in [0.717, 1.165) is 17.0 Å². The molecule has 1 aromatic heterocycles. The van der Waals surface area contributed by atoms with Crippen molar-refractivity contribution in [2.75, 3.05) is 12.4 Å². The molecule has 1 amide bonds. The molecule has 0 atom stereocenters. The molecule has 0 fully saturated rings. The first-order valence-electron chi connectivity index (χ1n) is 8.87. The van der Waals surface area contributed by atoms with Crippen molar-refractivity contribution >= 4 is 40.3 Å². The smallest absolute Gasteiger partial charge is 0.248 e. The number of nitrogens with zero attached hydrogens (tertiary/aromatic N) is 3. The molecule has 4 rings (SSSR count). The Bertz CT molecular complexity index is 1180. The first-order chi connectivity index (χ1) is 14.1. The van der Waals surface area contributed by atoms with Crippen LogP contribution >= 0.6 is 11.6 Å². The number of para-hydroxylation sites is 1. The van der Waals surface area contributed by atoms with Gasteiger partial charge in [-0.3, -0.25) is 4.79 Å². The number of amides is 1. The molecule has 0 bridgehead atoms. The van der Waals surface area contributed by atoms with Crippen LogP contribution in [0, 0.1) is 0 Å². The summed E-state index contributed by atoms with van der Waals surface area (Å²) in [4.78, 5) is 13.8. The van der Waals surface area contributed by atoms with Crippen LogP contribution in [0.15, 0.2) is 72.8 Å². The highest BCUT2D eigenvalue weighted by Gasteiger charge is 2.10. The third kappa shape index (κ3) is 4.28. The van der Waals surface area contributed by atoms with Crippen molar-refractivity contribution in [2.45, 2.75) is 0 Å². The van der Waals surface area contributed by atoms with Crippen molar-refractivity contribution in [3.05, 3.63) is 83.4 Å². The third-order valence-electron chi connectivity index (χ3n) is 4.26. The molecule has 7 heteroatoms. The van der Waals surface area contributed by atoms with E-state index in [2.05, 4.69) is 15.5 Å². The number of hydrogen-bond acceptors (Lipinski definition) is 4. The lowest BCUT2D eigenvalue weighted by molar-refractivity contribution is -0.111. The number of hydrogen-bond donors (Lipinski definition) is 1. The first kappa shape index (κ1) is 18.7. The lowest BCUT2D eigenvalue weighted by Crippen LogP contribution is -2.08. The highest BCUT2D eigenvalue weighted by Crippen LogP contribution is 2.27. The summed E-state index contributed by atoms with van der Waals surface area (Å²) in [6.07, 6.45) is 3.16. The molecule has 0 aliphatic heterocycles. The summed E-state index contributed by atoms with van der Waals surface area (Å²) in [6, 6.07) is 20.4. The maximum absolute atomic E-state index is 12.3. The molecular formula is C22H17ClN4O2. The van der Waals surface area contributed by atoms with Gasteiger partial charge in [0.1, 0.15) is 16.8 Å². The van der Waals surface area contributed by atoms with Crippen LogP contribution in [0.4, 0.5) is 5.69 Å². The molecule has 144 valence electrons. The predicted molar refractivity (Wildman–Crippen MR) is 115 cm³/mol. The SMILES string of the molecule is COc1ccc(/C=C/C(=O)Nc2cc3nn(-c4ccccc4)nc3cc2Cl)cc1. The number of anilines is 1. The van der Waals surface area contributed by atoms with Crippen LogP contribution in [0.3, 0.4) is 0 Å². The minimum atomic E-state index is -0.294. The Kier molecular flexibility index (Phi) is 5.27. The molecule has 0 radical (unpaired) electrons. The van der Waals surface area contributed by atoms with E-state index in [1.807, 2.05) is 54.6 Å². The third-order valence-corrected chi connectivity index (χ3v) is 4.57. The highest BCUT2D eigenvalue weighted by atomic mass is 35.5. The molecule has 29 heavy (non-hydrogen) atoms. The number of ether oxygens (including phenoxy) is 1. The fourth-order valence-electron chi connectivity index (χ4n) is 2.77. The molecule has 0 aliphatic carbocycles. The zero-order valence-corrected chi connectivity index (χ0v) is 16.3. The van der Waals surface area contributed by atoms with Crippen LogP contribution in [0.5, 0.6) is 5.75 Å². The van der Waals surface area contributed by atoms with E-state index in [1.54, 1.807) is 25.3 Å². The molecule has 0 spiro atoms. The molecule has 0 saturated carbocycles. The lowest BCUT2D eigenvalue weighted by atomic mass is 10.2. The first-order valence-corrected chi connectivity index (χ1v) is 9.25. The Labute approximate surface area is 172 Å². The van der Waals surface area contributed by atoms with Crippen molar-refractivity contribution in [1.29, 1.82) is 0 Å². The summed E-state index contributed by atoms with van der Waals surface area (Å²) in [5, 5.41) is 12.1. The molecule has 6 nitrogen and oxygen atoms in total. The molecule has 0 unspecified atom stereocenters. The van der Waals surface area contributed by atoms with Gasteiger partial charge in [0, 0.05) is 6.08 Å². The van der Waals surface area contributed by atoms with Gasteiger partial charge in [0.2, 0.25) is 5.91 Å². The molecule has 1 N–H and O–H groups in total. The number of rotatable bonds is 5. The fourth-order valence-corrected chi connectivity index (χ4v) is 2.98. The molecule has 4 aromatic rings. The molecular weight excluding hydrogens is 388 g/mol. The van der Waals surface area contributed by atoms with Gasteiger partial charge in [0.25, 0.3) is 0 Å². The molecule has 3 aromatic carbocycles. The highest BCUT2D eigenvalue weighted by molar-refractivity contribution is 6.34. The van der Waals surface area contributed by atoms with E-state index in [9.17, 15) is 4.79 Å². The van der Waals surface area contributed by atoms with Crippen molar-refractivity contribution in [1.82, 2.24) is 15.0 Å². The van der Waals surface area contributed by atoms with Gasteiger partial charge < -0.3 is 10.1 Å². The van der Waals surface area contributed by atoms with E-state index in [4.69, 9.17) is 16.3 Å². The van der Waals surface area contributed by atoms with Crippen LogP contribution in [0.2, 0.25) is 5.02 Å². The Morgan fingerprint density at radius 2 is 1.72 bits per heavy atom. The monoisotopic (exact) mass is 404 g/mol. The van der Waals surface area contributed by atoms with Gasteiger partial charge in [-0.2, -0.15) is 4.80 Å². The predicted octanol–water partition coefficient (Wildman–Crippen LogP) is 4.73. The summed E-state index contributed by atoms with van der Waals surface area (Å²) < 4.78 is 5.12. The number of nitrogens with one attached hydrogen (secondary N) is 1. The number of halogens is 1. The van der Waals surface area contributed by atoms with Gasteiger partial charge in [-0.15, -0.1) is 10.2 Å². The van der Waals surface area contributed by atoms with E-state index in [0.29, 0.717) is 21.7 Å². The normalized spacial score (nSPS) is 11.1. The average molecular weight is 405 g/mol. The van der Waals surface area contributed by atoms with Gasteiger partial charge in [-0.1, -0.05) is 41.9 Å². The van der Waals surface area contributed by atoms with E-state index >= 15 is 0 Å². The standard InChI is InChI=1S/C22H17ClN4O2/c1-29-17-10-7-15(8-11-17)9-12-22(28)24-19-14-21-20(13-18(19)23)25-27(26-21)16-5-3-2-4-6-16/h2-14H,1H3,(H,24,28)/b12-9+. The van der Waals surface area contributed by atoms with E-state index in [1.165, 1.54) is 10.9 Å². The lowest BCUT2D eigenvalue weighted by Gasteiger charge is -2.04. The Balaban J connectivity index is 1.53. The van der Waals surface area contributed by atoms with E-state index in [-0.39, 0.29) is 5.91 Å². The minimum Gasteiger partial charge on any atom is -0.497 e. The second kappa shape index (κ2) is 8.16. The Morgan fingerprint density at radius 1 is 1.03 bits per heavy atom. The van der Waals surface area contributed by atoms with Crippen LogP contribution < -0.4 is 10.1 Å².